The molecule has 2 aromatic heterocycles. The zero-order chi connectivity index (χ0) is 20.8. The molecule has 0 fully saturated rings. The molecule has 6 nitrogen and oxygen atoms in total. The van der Waals surface area contributed by atoms with Gasteiger partial charge < -0.3 is 15.3 Å². The van der Waals surface area contributed by atoms with Gasteiger partial charge in [0, 0.05) is 46.4 Å². The van der Waals surface area contributed by atoms with Crippen molar-refractivity contribution < 1.29 is 9.59 Å². The minimum atomic E-state index is -0.405. The number of benzene rings is 2. The number of hydrogen-bond acceptors (Lipinski definition) is 3. The van der Waals surface area contributed by atoms with E-state index in [1.165, 1.54) is 0 Å². The molecule has 5 rings (SSSR count). The number of carbonyl (C=O) groups is 2. The Bertz CT molecular complexity index is 1360. The van der Waals surface area contributed by atoms with Crippen molar-refractivity contribution in [1.82, 2.24) is 14.9 Å². The number of para-hydroxylation sites is 2. The van der Waals surface area contributed by atoms with Crippen molar-refractivity contribution in [2.24, 2.45) is 5.73 Å². The maximum atomic E-state index is 12.9. The van der Waals surface area contributed by atoms with Crippen LogP contribution < -0.4 is 11.1 Å². The van der Waals surface area contributed by atoms with Gasteiger partial charge >= 0.3 is 0 Å². The minimum absolute atomic E-state index is 0.364. The Hall–Kier alpha value is -3.35. The van der Waals surface area contributed by atoms with Gasteiger partial charge in [-0.15, -0.1) is 0 Å². The monoisotopic (exact) mass is 418 g/mol. The highest BCUT2D eigenvalue weighted by Crippen LogP contribution is 2.39. The molecule has 4 aromatic rings. The summed E-state index contributed by atoms with van der Waals surface area (Å²) in [5, 5.41) is 4.78. The predicted molar refractivity (Wildman–Crippen MR) is 119 cm³/mol. The van der Waals surface area contributed by atoms with E-state index in [9.17, 15) is 9.59 Å². The normalized spacial score (nSPS) is 14.3. The van der Waals surface area contributed by atoms with Crippen LogP contribution in [0.25, 0.3) is 33.0 Å². The van der Waals surface area contributed by atoms with Crippen LogP contribution in [-0.2, 0) is 16.1 Å². The van der Waals surface area contributed by atoms with Crippen molar-refractivity contribution >= 4 is 56.4 Å². The molecule has 30 heavy (non-hydrogen) atoms. The van der Waals surface area contributed by atoms with E-state index in [2.05, 4.69) is 10.3 Å². The van der Waals surface area contributed by atoms with Gasteiger partial charge in [0.1, 0.15) is 0 Å². The van der Waals surface area contributed by atoms with Crippen LogP contribution in [0, 0.1) is 0 Å². The maximum absolute atomic E-state index is 12.9. The summed E-state index contributed by atoms with van der Waals surface area (Å²) in [7, 11) is 0. The Morgan fingerprint density at radius 3 is 2.47 bits per heavy atom. The van der Waals surface area contributed by atoms with Crippen LogP contribution in [0.3, 0.4) is 0 Å². The van der Waals surface area contributed by atoms with Crippen LogP contribution in [0.15, 0.2) is 54.9 Å². The second-order valence-corrected chi connectivity index (χ2v) is 7.70. The van der Waals surface area contributed by atoms with E-state index in [0.717, 1.165) is 28.2 Å². The third kappa shape index (κ3) is 2.76. The number of amides is 2. The summed E-state index contributed by atoms with van der Waals surface area (Å²) in [5.41, 5.74) is 9.56. The molecule has 0 bridgehead atoms. The molecule has 0 atom stereocenters. The first-order valence-corrected chi connectivity index (χ1v) is 10.1. The molecular weight excluding hydrogens is 400 g/mol. The molecule has 1 aliphatic heterocycles. The lowest BCUT2D eigenvalue weighted by Crippen LogP contribution is -2.22. The number of carbonyl (C=O) groups excluding carboxylic acids is 2. The number of fused-ring (bicyclic) bond motifs is 2. The van der Waals surface area contributed by atoms with Crippen molar-refractivity contribution in [2.75, 3.05) is 6.54 Å². The van der Waals surface area contributed by atoms with Crippen molar-refractivity contribution in [1.29, 1.82) is 0 Å². The third-order valence-electron chi connectivity index (χ3n) is 5.51. The number of imide groups is 1. The standard InChI is InChI=1S/C23H19ClN4O2/c24-17-7-3-6-14-16(12-28(21(14)17)10-4-9-25)20-19(22(29)27-23(20)30)15-11-26-18-8-2-1-5-13(15)18/h1-3,5-8,11-12,26H,4,9-10,25H2,(H,27,29,30). The highest BCUT2D eigenvalue weighted by molar-refractivity contribution is 6.51. The molecule has 7 heteroatoms. The zero-order valence-corrected chi connectivity index (χ0v) is 16.8. The highest BCUT2D eigenvalue weighted by atomic mass is 35.5. The number of rotatable bonds is 5. The molecule has 0 saturated carbocycles. The predicted octanol–water partition coefficient (Wildman–Crippen LogP) is 3.69. The van der Waals surface area contributed by atoms with Gasteiger partial charge in [-0.2, -0.15) is 0 Å². The van der Waals surface area contributed by atoms with Gasteiger partial charge in [0.25, 0.3) is 11.8 Å². The first-order chi connectivity index (χ1) is 14.6. The fourth-order valence-corrected chi connectivity index (χ4v) is 4.48. The number of hydrogen-bond donors (Lipinski definition) is 3. The SMILES string of the molecule is NCCCn1cc(C2=C(c3c[nH]c4ccccc34)C(=O)NC2=O)c2cccc(Cl)c21. The average molecular weight is 419 g/mol. The Morgan fingerprint density at radius 1 is 0.933 bits per heavy atom. The second kappa shape index (κ2) is 7.16. The molecule has 0 radical (unpaired) electrons. The summed E-state index contributed by atoms with van der Waals surface area (Å²) >= 11 is 6.50. The van der Waals surface area contributed by atoms with Crippen molar-refractivity contribution in [2.45, 2.75) is 13.0 Å². The van der Waals surface area contributed by atoms with Gasteiger partial charge in [-0.05, 0) is 25.1 Å². The molecule has 150 valence electrons. The smallest absolute Gasteiger partial charge is 0.259 e. The van der Waals surface area contributed by atoms with Crippen molar-refractivity contribution in [3.05, 3.63) is 71.0 Å². The van der Waals surface area contributed by atoms with E-state index < -0.39 is 11.8 Å². The average Bonchev–Trinajstić information content (AvgIpc) is 3.40. The molecular formula is C23H19ClN4O2. The molecule has 0 unspecified atom stereocenters. The van der Waals surface area contributed by atoms with E-state index in [1.807, 2.05) is 53.2 Å². The van der Waals surface area contributed by atoms with Crippen molar-refractivity contribution in [3.8, 4) is 0 Å². The molecule has 3 heterocycles. The Kier molecular flexibility index (Phi) is 4.46. The third-order valence-corrected chi connectivity index (χ3v) is 5.82. The second-order valence-electron chi connectivity index (χ2n) is 7.30. The Morgan fingerprint density at radius 2 is 1.67 bits per heavy atom. The van der Waals surface area contributed by atoms with Crippen LogP contribution in [0.4, 0.5) is 0 Å². The van der Waals surface area contributed by atoms with Crippen LogP contribution in [0.2, 0.25) is 5.02 Å². The number of aromatic nitrogens is 2. The molecule has 0 aliphatic carbocycles. The fourth-order valence-electron chi connectivity index (χ4n) is 4.20. The zero-order valence-electron chi connectivity index (χ0n) is 16.0. The minimum Gasteiger partial charge on any atom is -0.361 e. The van der Waals surface area contributed by atoms with Crippen LogP contribution in [0.1, 0.15) is 17.5 Å². The summed E-state index contributed by atoms with van der Waals surface area (Å²) < 4.78 is 2.01. The van der Waals surface area contributed by atoms with E-state index in [0.29, 0.717) is 40.4 Å². The molecule has 2 aromatic carbocycles. The molecule has 0 spiro atoms. The number of nitrogens with zero attached hydrogens (tertiary/aromatic N) is 1. The molecule has 1 aliphatic rings. The summed E-state index contributed by atoms with van der Waals surface area (Å²) in [5.74, 6) is -0.803. The number of nitrogens with two attached hydrogens (primary N) is 1. The topological polar surface area (TPSA) is 92.9 Å². The lowest BCUT2D eigenvalue weighted by Gasteiger charge is -2.04. The van der Waals surface area contributed by atoms with Crippen LogP contribution in [0.5, 0.6) is 0 Å². The van der Waals surface area contributed by atoms with Crippen LogP contribution >= 0.6 is 11.6 Å². The maximum Gasteiger partial charge on any atom is 0.259 e. The van der Waals surface area contributed by atoms with E-state index in [-0.39, 0.29) is 0 Å². The highest BCUT2D eigenvalue weighted by Gasteiger charge is 2.35. The number of H-pyrrole nitrogens is 1. The first-order valence-electron chi connectivity index (χ1n) is 9.74. The van der Waals surface area contributed by atoms with Gasteiger partial charge in [0.05, 0.1) is 21.7 Å². The van der Waals surface area contributed by atoms with Crippen molar-refractivity contribution in [3.63, 3.8) is 0 Å². The van der Waals surface area contributed by atoms with Gasteiger partial charge in [-0.25, -0.2) is 0 Å². The van der Waals surface area contributed by atoms with Gasteiger partial charge in [-0.3, -0.25) is 14.9 Å². The number of nitrogens with one attached hydrogen (secondary N) is 2. The number of aryl methyl sites for hydroxylation is 1. The van der Waals surface area contributed by atoms with Gasteiger partial charge in [-0.1, -0.05) is 41.9 Å². The fraction of sp³-hybridized carbons (Fsp3) is 0.130. The summed E-state index contributed by atoms with van der Waals surface area (Å²) in [6.07, 6.45) is 4.45. The first kappa shape index (κ1) is 18.7. The molecule has 2 amide bonds. The lowest BCUT2D eigenvalue weighted by atomic mass is 9.95. The van der Waals surface area contributed by atoms with E-state index in [1.54, 1.807) is 6.20 Å². The Labute approximate surface area is 177 Å². The number of aromatic amines is 1. The quantitative estimate of drug-likeness (QED) is 0.431. The van der Waals surface area contributed by atoms with Gasteiger partial charge in [0.15, 0.2) is 0 Å². The molecule has 4 N–H and O–H groups in total. The number of halogens is 1. The van der Waals surface area contributed by atoms with E-state index >= 15 is 0 Å². The van der Waals surface area contributed by atoms with Crippen LogP contribution in [-0.4, -0.2) is 27.9 Å². The summed E-state index contributed by atoms with van der Waals surface area (Å²) in [6, 6.07) is 13.3. The largest absolute Gasteiger partial charge is 0.361 e. The Balaban J connectivity index is 1.81. The summed E-state index contributed by atoms with van der Waals surface area (Å²) in [6.45, 7) is 1.21. The van der Waals surface area contributed by atoms with Gasteiger partial charge in [0.2, 0.25) is 0 Å². The van der Waals surface area contributed by atoms with E-state index in [4.69, 9.17) is 17.3 Å². The lowest BCUT2D eigenvalue weighted by molar-refractivity contribution is -0.122. The molecule has 0 saturated heterocycles. The summed E-state index contributed by atoms with van der Waals surface area (Å²) in [4.78, 5) is 28.9.